The SMILES string of the molecule is CC(Nc1nnc2ccccc2n1)c1ccccc1N. The van der Waals surface area contributed by atoms with Crippen molar-refractivity contribution in [1.29, 1.82) is 0 Å². The van der Waals surface area contributed by atoms with Gasteiger partial charge in [-0.3, -0.25) is 0 Å². The number of fused-ring (bicyclic) bond motifs is 1. The van der Waals surface area contributed by atoms with E-state index in [9.17, 15) is 0 Å². The van der Waals surface area contributed by atoms with Crippen LogP contribution in [0.2, 0.25) is 0 Å². The highest BCUT2D eigenvalue weighted by Gasteiger charge is 2.10. The summed E-state index contributed by atoms with van der Waals surface area (Å²) in [7, 11) is 0. The van der Waals surface area contributed by atoms with E-state index in [-0.39, 0.29) is 6.04 Å². The maximum Gasteiger partial charge on any atom is 0.243 e. The Hall–Kier alpha value is -2.69. The summed E-state index contributed by atoms with van der Waals surface area (Å²) in [6.07, 6.45) is 0. The molecule has 5 nitrogen and oxygen atoms in total. The van der Waals surface area contributed by atoms with Crippen LogP contribution in [0, 0.1) is 0 Å². The standard InChI is InChI=1S/C15H15N5/c1-10(11-6-2-3-7-12(11)16)17-15-18-13-8-4-5-9-14(13)19-20-15/h2-10H,16H2,1H3,(H,17,18,20). The maximum absolute atomic E-state index is 5.97. The summed E-state index contributed by atoms with van der Waals surface area (Å²) in [5.74, 6) is 0.499. The number of benzene rings is 2. The highest BCUT2D eigenvalue weighted by atomic mass is 15.2. The Morgan fingerprint density at radius 1 is 0.950 bits per heavy atom. The van der Waals surface area contributed by atoms with E-state index >= 15 is 0 Å². The molecule has 0 aliphatic rings. The molecular weight excluding hydrogens is 250 g/mol. The minimum atomic E-state index is 0.0131. The molecule has 0 saturated heterocycles. The number of rotatable bonds is 3. The Morgan fingerprint density at radius 2 is 1.65 bits per heavy atom. The van der Waals surface area contributed by atoms with Crippen LogP contribution in [-0.4, -0.2) is 15.2 Å². The smallest absolute Gasteiger partial charge is 0.243 e. The van der Waals surface area contributed by atoms with Gasteiger partial charge in [0.1, 0.15) is 5.52 Å². The Balaban J connectivity index is 1.87. The third kappa shape index (κ3) is 2.38. The predicted octanol–water partition coefficient (Wildman–Crippen LogP) is 2.78. The van der Waals surface area contributed by atoms with Gasteiger partial charge in [-0.2, -0.15) is 0 Å². The number of nitrogens with zero attached hydrogens (tertiary/aromatic N) is 3. The lowest BCUT2D eigenvalue weighted by Gasteiger charge is -2.15. The van der Waals surface area contributed by atoms with Crippen molar-refractivity contribution in [2.24, 2.45) is 0 Å². The van der Waals surface area contributed by atoms with Crippen LogP contribution in [-0.2, 0) is 0 Å². The van der Waals surface area contributed by atoms with Crippen LogP contribution in [0.15, 0.2) is 48.5 Å². The summed E-state index contributed by atoms with van der Waals surface area (Å²) in [5.41, 5.74) is 9.34. The van der Waals surface area contributed by atoms with Crippen LogP contribution in [0.3, 0.4) is 0 Å². The molecule has 0 amide bonds. The van der Waals surface area contributed by atoms with Crippen molar-refractivity contribution < 1.29 is 0 Å². The number of aromatic nitrogens is 3. The quantitative estimate of drug-likeness (QED) is 0.712. The Morgan fingerprint density at radius 3 is 2.45 bits per heavy atom. The second kappa shape index (κ2) is 5.13. The number of anilines is 2. The monoisotopic (exact) mass is 265 g/mol. The minimum Gasteiger partial charge on any atom is -0.398 e. The first-order valence-corrected chi connectivity index (χ1v) is 6.44. The predicted molar refractivity (Wildman–Crippen MR) is 80.2 cm³/mol. The molecule has 0 radical (unpaired) electrons. The second-order valence-corrected chi connectivity index (χ2v) is 4.62. The van der Waals surface area contributed by atoms with E-state index < -0.39 is 0 Å². The fourth-order valence-electron chi connectivity index (χ4n) is 2.12. The molecule has 1 aromatic heterocycles. The first-order chi connectivity index (χ1) is 9.74. The molecule has 100 valence electrons. The van der Waals surface area contributed by atoms with Crippen LogP contribution in [0.1, 0.15) is 18.5 Å². The van der Waals surface area contributed by atoms with Gasteiger partial charge in [0.05, 0.1) is 11.6 Å². The van der Waals surface area contributed by atoms with E-state index in [0.29, 0.717) is 5.95 Å². The fourth-order valence-corrected chi connectivity index (χ4v) is 2.12. The zero-order chi connectivity index (χ0) is 13.9. The van der Waals surface area contributed by atoms with E-state index in [1.165, 1.54) is 0 Å². The van der Waals surface area contributed by atoms with Gasteiger partial charge in [0.15, 0.2) is 0 Å². The zero-order valence-electron chi connectivity index (χ0n) is 11.1. The third-order valence-corrected chi connectivity index (χ3v) is 3.17. The average molecular weight is 265 g/mol. The summed E-state index contributed by atoms with van der Waals surface area (Å²) in [6, 6.07) is 15.4. The summed E-state index contributed by atoms with van der Waals surface area (Å²) in [6.45, 7) is 2.02. The fraction of sp³-hybridized carbons (Fsp3) is 0.133. The Bertz CT molecular complexity index is 741. The van der Waals surface area contributed by atoms with E-state index in [1.807, 2.05) is 55.5 Å². The summed E-state index contributed by atoms with van der Waals surface area (Å²) in [5, 5.41) is 11.5. The topological polar surface area (TPSA) is 76.7 Å². The second-order valence-electron chi connectivity index (χ2n) is 4.62. The lowest BCUT2D eigenvalue weighted by molar-refractivity contribution is 0.851. The molecular formula is C15H15N5. The lowest BCUT2D eigenvalue weighted by Crippen LogP contribution is -2.11. The molecule has 20 heavy (non-hydrogen) atoms. The molecule has 0 bridgehead atoms. The number of nitrogens with two attached hydrogens (primary N) is 1. The van der Waals surface area contributed by atoms with E-state index in [2.05, 4.69) is 20.5 Å². The minimum absolute atomic E-state index is 0.0131. The van der Waals surface area contributed by atoms with Gasteiger partial charge in [0, 0.05) is 5.69 Å². The summed E-state index contributed by atoms with van der Waals surface area (Å²) in [4.78, 5) is 4.44. The normalized spacial score (nSPS) is 12.2. The summed E-state index contributed by atoms with van der Waals surface area (Å²) >= 11 is 0. The largest absolute Gasteiger partial charge is 0.398 e. The molecule has 3 aromatic rings. The number of nitrogen functional groups attached to an aromatic ring is 1. The number of hydrogen-bond donors (Lipinski definition) is 2. The van der Waals surface area contributed by atoms with Crippen molar-refractivity contribution in [3.63, 3.8) is 0 Å². The van der Waals surface area contributed by atoms with Gasteiger partial charge in [-0.25, -0.2) is 4.98 Å². The van der Waals surface area contributed by atoms with Crippen LogP contribution >= 0.6 is 0 Å². The van der Waals surface area contributed by atoms with Crippen molar-refractivity contribution in [3.05, 3.63) is 54.1 Å². The highest BCUT2D eigenvalue weighted by Crippen LogP contribution is 2.22. The van der Waals surface area contributed by atoms with Gasteiger partial charge >= 0.3 is 0 Å². The van der Waals surface area contributed by atoms with Gasteiger partial charge in [-0.15, -0.1) is 10.2 Å². The van der Waals surface area contributed by atoms with E-state index in [0.717, 1.165) is 22.3 Å². The van der Waals surface area contributed by atoms with Crippen LogP contribution < -0.4 is 11.1 Å². The molecule has 2 aromatic carbocycles. The molecule has 0 spiro atoms. The van der Waals surface area contributed by atoms with E-state index in [4.69, 9.17) is 5.73 Å². The Kier molecular flexibility index (Phi) is 3.16. The molecule has 0 aliphatic carbocycles. The van der Waals surface area contributed by atoms with Crippen molar-refractivity contribution in [2.45, 2.75) is 13.0 Å². The summed E-state index contributed by atoms with van der Waals surface area (Å²) < 4.78 is 0. The van der Waals surface area contributed by atoms with Gasteiger partial charge in [-0.1, -0.05) is 30.3 Å². The van der Waals surface area contributed by atoms with Gasteiger partial charge in [0.2, 0.25) is 5.95 Å². The first kappa shape index (κ1) is 12.3. The van der Waals surface area contributed by atoms with Crippen molar-refractivity contribution in [3.8, 4) is 0 Å². The Labute approximate surface area is 116 Å². The molecule has 1 heterocycles. The van der Waals surface area contributed by atoms with Gasteiger partial charge in [-0.05, 0) is 30.7 Å². The third-order valence-electron chi connectivity index (χ3n) is 3.17. The molecule has 1 unspecified atom stereocenters. The maximum atomic E-state index is 5.97. The van der Waals surface area contributed by atoms with Crippen molar-refractivity contribution in [1.82, 2.24) is 15.2 Å². The van der Waals surface area contributed by atoms with Crippen LogP contribution in [0.25, 0.3) is 11.0 Å². The molecule has 5 heteroatoms. The number of hydrogen-bond acceptors (Lipinski definition) is 5. The molecule has 0 fully saturated rings. The van der Waals surface area contributed by atoms with Gasteiger partial charge < -0.3 is 11.1 Å². The van der Waals surface area contributed by atoms with Gasteiger partial charge in [0.25, 0.3) is 0 Å². The molecule has 3 N–H and O–H groups in total. The van der Waals surface area contributed by atoms with E-state index in [1.54, 1.807) is 0 Å². The van der Waals surface area contributed by atoms with Crippen LogP contribution in [0.4, 0.5) is 11.6 Å². The zero-order valence-corrected chi connectivity index (χ0v) is 11.1. The average Bonchev–Trinajstić information content (AvgIpc) is 2.47. The lowest BCUT2D eigenvalue weighted by atomic mass is 10.1. The molecule has 3 rings (SSSR count). The van der Waals surface area contributed by atoms with Crippen molar-refractivity contribution >= 4 is 22.7 Å². The first-order valence-electron chi connectivity index (χ1n) is 6.44. The molecule has 0 saturated carbocycles. The number of para-hydroxylation sites is 2. The van der Waals surface area contributed by atoms with Crippen molar-refractivity contribution in [2.75, 3.05) is 11.1 Å². The highest BCUT2D eigenvalue weighted by molar-refractivity contribution is 5.74. The molecule has 1 atom stereocenters. The number of nitrogens with one attached hydrogen (secondary N) is 1. The van der Waals surface area contributed by atoms with Crippen LogP contribution in [0.5, 0.6) is 0 Å². The molecule has 0 aliphatic heterocycles.